The number of thiocarbonyl (C=S) groups is 1. The van der Waals surface area contributed by atoms with Gasteiger partial charge in [0.1, 0.15) is 24.4 Å². The van der Waals surface area contributed by atoms with Gasteiger partial charge in [0.2, 0.25) is 0 Å². The fraction of sp³-hybridized carbons (Fsp3) is 0.917. The molecule has 0 amide bonds. The number of nitrogens with one attached hydrogen (secondary N) is 1. The first-order valence-corrected chi connectivity index (χ1v) is 7.11. The van der Waals surface area contributed by atoms with Crippen LogP contribution in [0, 0.1) is 0 Å². The Kier molecular flexibility index (Phi) is 5.35. The first-order valence-electron chi connectivity index (χ1n) is 6.71. The molecule has 1 heterocycles. The zero-order valence-electron chi connectivity index (χ0n) is 10.7. The van der Waals surface area contributed by atoms with E-state index in [1.165, 1.54) is 6.42 Å². The molecule has 0 spiro atoms. The molecule has 1 saturated heterocycles. The predicted octanol–water partition coefficient (Wildman–Crippen LogP) is -0.351. The van der Waals surface area contributed by atoms with E-state index in [0.717, 1.165) is 25.7 Å². The van der Waals surface area contributed by atoms with Gasteiger partial charge in [0.15, 0.2) is 6.23 Å². The lowest BCUT2D eigenvalue weighted by molar-refractivity contribution is -0.191. The number of hydrogen-bond acceptors (Lipinski definition) is 6. The van der Waals surface area contributed by atoms with Crippen molar-refractivity contribution in [3.63, 3.8) is 0 Å². The molecule has 7 heteroatoms. The molecule has 2 rings (SSSR count). The second-order valence-corrected chi connectivity index (χ2v) is 5.48. The van der Waals surface area contributed by atoms with Gasteiger partial charge in [-0.1, -0.05) is 6.42 Å². The van der Waals surface area contributed by atoms with Gasteiger partial charge in [-0.2, -0.15) is 0 Å². The smallest absolute Gasteiger partial charge is 0.259 e. The van der Waals surface area contributed by atoms with Crippen molar-refractivity contribution in [2.75, 3.05) is 6.61 Å². The van der Waals surface area contributed by atoms with Crippen LogP contribution in [0.15, 0.2) is 0 Å². The molecule has 1 aliphatic carbocycles. The first-order chi connectivity index (χ1) is 9.08. The van der Waals surface area contributed by atoms with Crippen molar-refractivity contribution in [3.8, 4) is 0 Å². The van der Waals surface area contributed by atoms with E-state index < -0.39 is 24.5 Å². The molecular formula is C12H21NO5S. The second kappa shape index (κ2) is 6.81. The van der Waals surface area contributed by atoms with Crippen molar-refractivity contribution in [2.45, 2.75) is 62.7 Å². The lowest BCUT2D eigenvalue weighted by atomic mass is 9.98. The van der Waals surface area contributed by atoms with Crippen LogP contribution in [0.3, 0.4) is 0 Å². The van der Waals surface area contributed by atoms with Gasteiger partial charge in [0.05, 0.1) is 6.61 Å². The minimum Gasteiger partial charge on any atom is -0.468 e. The summed E-state index contributed by atoms with van der Waals surface area (Å²) in [6.45, 7) is -0.0536. The van der Waals surface area contributed by atoms with E-state index in [2.05, 4.69) is 5.32 Å². The average Bonchev–Trinajstić information content (AvgIpc) is 2.41. The quantitative estimate of drug-likeness (QED) is 0.517. The van der Waals surface area contributed by atoms with Gasteiger partial charge >= 0.3 is 0 Å². The Labute approximate surface area is 117 Å². The molecule has 2 aliphatic rings. The SMILES string of the molecule is O[C@@H]1[C@H](O)[C@H](O)CO[C@@H]1NC(=S)OC1CCCCC1. The molecule has 0 aromatic heterocycles. The van der Waals surface area contributed by atoms with Gasteiger partial charge in [-0.15, -0.1) is 0 Å². The largest absolute Gasteiger partial charge is 0.468 e. The molecule has 110 valence electrons. The van der Waals surface area contributed by atoms with E-state index in [9.17, 15) is 15.3 Å². The minimum atomic E-state index is -1.25. The van der Waals surface area contributed by atoms with Crippen LogP contribution in [-0.4, -0.2) is 57.7 Å². The summed E-state index contributed by atoms with van der Waals surface area (Å²) in [6.07, 6.45) is 1.17. The maximum absolute atomic E-state index is 9.75. The summed E-state index contributed by atoms with van der Waals surface area (Å²) in [7, 11) is 0. The van der Waals surface area contributed by atoms with Crippen LogP contribution in [0.1, 0.15) is 32.1 Å². The number of hydrogen-bond donors (Lipinski definition) is 4. The normalized spacial score (nSPS) is 36.8. The van der Waals surface area contributed by atoms with Crippen molar-refractivity contribution in [1.29, 1.82) is 0 Å². The summed E-state index contributed by atoms with van der Waals surface area (Å²) in [5.74, 6) is 0. The van der Waals surface area contributed by atoms with E-state index in [1.54, 1.807) is 0 Å². The molecule has 0 radical (unpaired) electrons. The zero-order valence-corrected chi connectivity index (χ0v) is 11.5. The van der Waals surface area contributed by atoms with Crippen LogP contribution >= 0.6 is 12.2 Å². The van der Waals surface area contributed by atoms with Crippen molar-refractivity contribution >= 4 is 17.4 Å². The number of rotatable bonds is 2. The molecule has 0 unspecified atom stereocenters. The summed E-state index contributed by atoms with van der Waals surface area (Å²) in [6, 6.07) is 0. The molecule has 6 nitrogen and oxygen atoms in total. The number of aliphatic hydroxyl groups excluding tert-OH is 3. The molecule has 1 aliphatic heterocycles. The summed E-state index contributed by atoms with van der Waals surface area (Å²) in [5, 5.41) is 31.5. The average molecular weight is 291 g/mol. The summed E-state index contributed by atoms with van der Waals surface area (Å²) < 4.78 is 10.8. The Balaban J connectivity index is 1.78. The Morgan fingerprint density at radius 1 is 1.11 bits per heavy atom. The third-order valence-electron chi connectivity index (χ3n) is 3.59. The highest BCUT2D eigenvalue weighted by Gasteiger charge is 2.38. The van der Waals surface area contributed by atoms with Crippen LogP contribution in [-0.2, 0) is 9.47 Å². The topological polar surface area (TPSA) is 91.2 Å². The highest BCUT2D eigenvalue weighted by molar-refractivity contribution is 7.80. The van der Waals surface area contributed by atoms with Gasteiger partial charge in [-0.05, 0) is 37.9 Å². The van der Waals surface area contributed by atoms with Gasteiger partial charge in [0.25, 0.3) is 5.17 Å². The summed E-state index contributed by atoms with van der Waals surface area (Å²) in [4.78, 5) is 0. The lowest BCUT2D eigenvalue weighted by Crippen LogP contribution is -2.59. The third kappa shape index (κ3) is 4.00. The Hall–Kier alpha value is -0.470. The predicted molar refractivity (Wildman–Crippen MR) is 71.5 cm³/mol. The molecule has 4 N–H and O–H groups in total. The van der Waals surface area contributed by atoms with E-state index in [0.29, 0.717) is 0 Å². The molecule has 2 fully saturated rings. The molecule has 4 atom stereocenters. The van der Waals surface area contributed by atoms with Crippen molar-refractivity contribution in [3.05, 3.63) is 0 Å². The number of ether oxygens (including phenoxy) is 2. The maximum atomic E-state index is 9.75. The molecular weight excluding hydrogens is 270 g/mol. The van der Waals surface area contributed by atoms with Crippen molar-refractivity contribution < 1.29 is 24.8 Å². The first kappa shape index (κ1) is 14.9. The third-order valence-corrected chi connectivity index (χ3v) is 3.80. The van der Waals surface area contributed by atoms with Gasteiger partial charge in [-0.3, -0.25) is 0 Å². The maximum Gasteiger partial charge on any atom is 0.259 e. The summed E-state index contributed by atoms with van der Waals surface area (Å²) >= 11 is 5.07. The fourth-order valence-electron chi connectivity index (χ4n) is 2.42. The molecule has 0 aromatic carbocycles. The Morgan fingerprint density at radius 3 is 2.47 bits per heavy atom. The van der Waals surface area contributed by atoms with Crippen molar-refractivity contribution in [1.82, 2.24) is 5.32 Å². The van der Waals surface area contributed by atoms with Crippen LogP contribution in [0.25, 0.3) is 0 Å². The highest BCUT2D eigenvalue weighted by Crippen LogP contribution is 2.21. The molecule has 19 heavy (non-hydrogen) atoms. The van der Waals surface area contributed by atoms with E-state index in [4.69, 9.17) is 21.7 Å². The fourth-order valence-corrected chi connectivity index (χ4v) is 2.67. The lowest BCUT2D eigenvalue weighted by Gasteiger charge is -2.36. The summed E-state index contributed by atoms with van der Waals surface area (Å²) in [5.41, 5.74) is 0. The Bertz CT molecular complexity index is 310. The van der Waals surface area contributed by atoms with Crippen LogP contribution in [0.4, 0.5) is 0 Å². The monoisotopic (exact) mass is 291 g/mol. The highest BCUT2D eigenvalue weighted by atomic mass is 32.1. The van der Waals surface area contributed by atoms with E-state index >= 15 is 0 Å². The molecule has 0 bridgehead atoms. The number of aliphatic hydroxyl groups is 3. The minimum absolute atomic E-state index is 0.0536. The van der Waals surface area contributed by atoms with E-state index in [-0.39, 0.29) is 17.9 Å². The van der Waals surface area contributed by atoms with Crippen LogP contribution < -0.4 is 5.32 Å². The van der Waals surface area contributed by atoms with Crippen LogP contribution in [0.2, 0.25) is 0 Å². The standard InChI is InChI=1S/C12H21NO5S/c14-8-6-17-11(10(16)9(8)15)13-12(19)18-7-4-2-1-3-5-7/h7-11,14-16H,1-6H2,(H,13,19)/t8-,9-,10-,11+/m1/s1. The molecule has 0 aromatic rings. The Morgan fingerprint density at radius 2 is 1.79 bits per heavy atom. The second-order valence-electron chi connectivity index (χ2n) is 5.11. The van der Waals surface area contributed by atoms with Gasteiger partial charge in [0, 0.05) is 0 Å². The van der Waals surface area contributed by atoms with Crippen molar-refractivity contribution in [2.24, 2.45) is 0 Å². The zero-order chi connectivity index (χ0) is 13.8. The van der Waals surface area contributed by atoms with Crippen LogP contribution in [0.5, 0.6) is 0 Å². The molecule has 1 saturated carbocycles. The van der Waals surface area contributed by atoms with Gasteiger partial charge < -0.3 is 30.1 Å². The van der Waals surface area contributed by atoms with E-state index in [1.807, 2.05) is 0 Å². The van der Waals surface area contributed by atoms with Gasteiger partial charge in [-0.25, -0.2) is 0 Å².